The van der Waals surface area contributed by atoms with Crippen LogP contribution in [0, 0.1) is 5.41 Å². The van der Waals surface area contributed by atoms with E-state index in [0.717, 1.165) is 30.4 Å². The molecule has 1 fully saturated rings. The largest absolute Gasteiger partial charge is 0.481 e. The van der Waals surface area contributed by atoms with Gasteiger partial charge in [0.15, 0.2) is 0 Å². The molecule has 2 heterocycles. The number of benzene rings is 1. The van der Waals surface area contributed by atoms with Crippen molar-refractivity contribution in [3.63, 3.8) is 0 Å². The molecule has 0 radical (unpaired) electrons. The minimum absolute atomic E-state index is 0.0400. The van der Waals surface area contributed by atoms with Crippen molar-refractivity contribution >= 4 is 11.9 Å². The lowest BCUT2D eigenvalue weighted by Gasteiger charge is -2.43. The van der Waals surface area contributed by atoms with Gasteiger partial charge in [-0.3, -0.25) is 14.6 Å². The number of carboxylic acid groups (broad SMARTS) is 1. The van der Waals surface area contributed by atoms with Crippen LogP contribution in [0.5, 0.6) is 0 Å². The quantitative estimate of drug-likeness (QED) is 0.670. The molecule has 0 bridgehead atoms. The minimum atomic E-state index is -1.37. The Bertz CT molecular complexity index is 812. The van der Waals surface area contributed by atoms with Crippen molar-refractivity contribution in [2.45, 2.75) is 44.6 Å². The maximum Gasteiger partial charge on any atom is 0.314 e. The highest BCUT2D eigenvalue weighted by Gasteiger charge is 2.50. The number of aliphatic hydroxyl groups is 1. The Morgan fingerprint density at radius 2 is 1.86 bits per heavy atom. The zero-order valence-corrected chi connectivity index (χ0v) is 16.5. The third-order valence-corrected chi connectivity index (χ3v) is 5.75. The van der Waals surface area contributed by atoms with Gasteiger partial charge in [-0.05, 0) is 49.3 Å². The fraction of sp³-hybridized carbons (Fsp3) is 0.435. The van der Waals surface area contributed by atoms with Crippen molar-refractivity contribution in [2.24, 2.45) is 5.41 Å². The van der Waals surface area contributed by atoms with Crippen molar-refractivity contribution in [3.05, 3.63) is 66.0 Å². The number of aromatic nitrogens is 1. The zero-order valence-electron chi connectivity index (χ0n) is 16.5. The van der Waals surface area contributed by atoms with Crippen LogP contribution >= 0.6 is 0 Å². The molecule has 0 aliphatic carbocycles. The number of aryl methyl sites for hydroxylation is 1. The lowest BCUT2D eigenvalue weighted by atomic mass is 9.72. The number of rotatable bonds is 8. The van der Waals surface area contributed by atoms with Crippen LogP contribution in [0.1, 0.15) is 36.8 Å². The van der Waals surface area contributed by atoms with Gasteiger partial charge < -0.3 is 15.1 Å². The molecular formula is C23H28N2O4. The summed E-state index contributed by atoms with van der Waals surface area (Å²) in [6.07, 6.45) is 5.95. The SMILES string of the molecule is O=C(CCCCc1cccnc1)N1CC[C@H](O)[C@](Cc2ccccc2)(C(=O)O)C1. The first-order chi connectivity index (χ1) is 14.0. The van der Waals surface area contributed by atoms with Crippen LogP contribution in [0.15, 0.2) is 54.9 Å². The Hall–Kier alpha value is -2.73. The second-order valence-corrected chi connectivity index (χ2v) is 7.81. The molecule has 1 saturated heterocycles. The Kier molecular flexibility index (Phi) is 6.99. The fourth-order valence-electron chi connectivity index (χ4n) is 4.02. The minimum Gasteiger partial charge on any atom is -0.481 e. The van der Waals surface area contributed by atoms with Gasteiger partial charge in [-0.1, -0.05) is 36.4 Å². The summed E-state index contributed by atoms with van der Waals surface area (Å²) in [5.41, 5.74) is 0.624. The van der Waals surface area contributed by atoms with E-state index >= 15 is 0 Å². The summed E-state index contributed by atoms with van der Waals surface area (Å²) in [5.74, 6) is -1.09. The topological polar surface area (TPSA) is 90.7 Å². The predicted octanol–water partition coefficient (Wildman–Crippen LogP) is 2.70. The number of hydrogen-bond acceptors (Lipinski definition) is 4. The molecule has 0 unspecified atom stereocenters. The number of carbonyl (C=O) groups is 2. The molecule has 6 heteroatoms. The monoisotopic (exact) mass is 396 g/mol. The summed E-state index contributed by atoms with van der Waals surface area (Å²) >= 11 is 0. The lowest BCUT2D eigenvalue weighted by molar-refractivity contribution is -0.165. The molecule has 154 valence electrons. The summed E-state index contributed by atoms with van der Waals surface area (Å²) < 4.78 is 0. The summed E-state index contributed by atoms with van der Waals surface area (Å²) in [4.78, 5) is 30.6. The first-order valence-electron chi connectivity index (χ1n) is 10.1. The number of piperidine rings is 1. The van der Waals surface area contributed by atoms with Crippen molar-refractivity contribution in [2.75, 3.05) is 13.1 Å². The maximum atomic E-state index is 12.7. The number of carboxylic acids is 1. The van der Waals surface area contributed by atoms with Crippen molar-refractivity contribution in [1.29, 1.82) is 0 Å². The van der Waals surface area contributed by atoms with Crippen LogP contribution in [0.3, 0.4) is 0 Å². The van der Waals surface area contributed by atoms with E-state index in [4.69, 9.17) is 0 Å². The molecule has 1 aliphatic rings. The predicted molar refractivity (Wildman–Crippen MR) is 109 cm³/mol. The number of unbranched alkanes of at least 4 members (excludes halogenated alkanes) is 1. The number of amides is 1. The third-order valence-electron chi connectivity index (χ3n) is 5.75. The van der Waals surface area contributed by atoms with Gasteiger partial charge in [-0.25, -0.2) is 0 Å². The van der Waals surface area contributed by atoms with Crippen LogP contribution in [-0.4, -0.2) is 51.2 Å². The summed E-state index contributed by atoms with van der Waals surface area (Å²) in [6.45, 7) is 0.437. The van der Waals surface area contributed by atoms with Crippen LogP contribution in [0.2, 0.25) is 0 Å². The molecule has 1 aromatic heterocycles. The third kappa shape index (κ3) is 5.21. The van der Waals surface area contributed by atoms with E-state index in [0.29, 0.717) is 13.0 Å². The van der Waals surface area contributed by atoms with Crippen LogP contribution in [0.25, 0.3) is 0 Å². The van der Waals surface area contributed by atoms with E-state index in [1.54, 1.807) is 11.1 Å². The highest BCUT2D eigenvalue weighted by atomic mass is 16.4. The van der Waals surface area contributed by atoms with Crippen molar-refractivity contribution < 1.29 is 19.8 Å². The van der Waals surface area contributed by atoms with Crippen molar-refractivity contribution in [1.82, 2.24) is 9.88 Å². The summed E-state index contributed by atoms with van der Waals surface area (Å²) in [7, 11) is 0. The van der Waals surface area contributed by atoms with E-state index in [1.807, 2.05) is 48.7 Å². The Balaban J connectivity index is 1.59. The Labute approximate surface area is 171 Å². The number of likely N-dealkylation sites (tertiary alicyclic amines) is 1. The summed E-state index contributed by atoms with van der Waals surface area (Å²) in [6, 6.07) is 13.2. The molecule has 2 atom stereocenters. The molecule has 6 nitrogen and oxygen atoms in total. The zero-order chi connectivity index (χ0) is 20.7. The summed E-state index contributed by atoms with van der Waals surface area (Å²) in [5, 5.41) is 20.5. The van der Waals surface area contributed by atoms with E-state index in [1.165, 1.54) is 0 Å². The van der Waals surface area contributed by atoms with E-state index < -0.39 is 17.5 Å². The van der Waals surface area contributed by atoms with Gasteiger partial charge in [0.2, 0.25) is 5.91 Å². The highest BCUT2D eigenvalue weighted by Crippen LogP contribution is 2.35. The fourth-order valence-corrected chi connectivity index (χ4v) is 4.02. The molecule has 2 aromatic rings. The van der Waals surface area contributed by atoms with Gasteiger partial charge >= 0.3 is 5.97 Å². The van der Waals surface area contributed by atoms with Gasteiger partial charge in [0, 0.05) is 31.9 Å². The average molecular weight is 396 g/mol. The van der Waals surface area contributed by atoms with Crippen LogP contribution < -0.4 is 0 Å². The van der Waals surface area contributed by atoms with Crippen LogP contribution in [0.4, 0.5) is 0 Å². The number of aliphatic hydroxyl groups excluding tert-OH is 1. The van der Waals surface area contributed by atoms with E-state index in [2.05, 4.69) is 4.98 Å². The second-order valence-electron chi connectivity index (χ2n) is 7.81. The first-order valence-corrected chi connectivity index (χ1v) is 10.1. The Morgan fingerprint density at radius 1 is 1.10 bits per heavy atom. The van der Waals surface area contributed by atoms with Gasteiger partial charge in [0.25, 0.3) is 0 Å². The molecule has 1 amide bonds. The first kappa shape index (κ1) is 21.0. The lowest BCUT2D eigenvalue weighted by Crippen LogP contribution is -2.58. The Morgan fingerprint density at radius 3 is 2.55 bits per heavy atom. The van der Waals surface area contributed by atoms with Gasteiger partial charge in [-0.2, -0.15) is 0 Å². The average Bonchev–Trinajstić information content (AvgIpc) is 2.74. The molecule has 1 aliphatic heterocycles. The van der Waals surface area contributed by atoms with Crippen LogP contribution in [-0.2, 0) is 22.4 Å². The molecule has 2 N–H and O–H groups in total. The molecular weight excluding hydrogens is 368 g/mol. The molecule has 0 spiro atoms. The van der Waals surface area contributed by atoms with E-state index in [9.17, 15) is 19.8 Å². The molecule has 0 saturated carbocycles. The number of nitrogens with zero attached hydrogens (tertiary/aromatic N) is 2. The van der Waals surface area contributed by atoms with Gasteiger partial charge in [0.05, 0.1) is 6.10 Å². The molecule has 3 rings (SSSR count). The standard InChI is InChI=1S/C23H28N2O4/c26-20-12-14-25(21(27)11-5-4-9-19-10-6-13-24-16-19)17-23(20,22(28)29)15-18-7-2-1-3-8-18/h1-3,6-8,10,13,16,20,26H,4-5,9,11-12,14-15,17H2,(H,28,29)/t20-,23+/m0/s1. The normalized spacial score (nSPS) is 21.7. The number of carbonyl (C=O) groups excluding carboxylic acids is 1. The van der Waals surface area contributed by atoms with E-state index in [-0.39, 0.29) is 25.3 Å². The number of aliphatic carboxylic acids is 1. The van der Waals surface area contributed by atoms with Gasteiger partial charge in [-0.15, -0.1) is 0 Å². The second kappa shape index (κ2) is 9.65. The number of hydrogen-bond donors (Lipinski definition) is 2. The molecule has 1 aromatic carbocycles. The maximum absolute atomic E-state index is 12.7. The van der Waals surface area contributed by atoms with Gasteiger partial charge in [0.1, 0.15) is 5.41 Å². The molecule has 29 heavy (non-hydrogen) atoms. The smallest absolute Gasteiger partial charge is 0.314 e. The number of pyridine rings is 1. The van der Waals surface area contributed by atoms with Crippen molar-refractivity contribution in [3.8, 4) is 0 Å². The highest BCUT2D eigenvalue weighted by molar-refractivity contribution is 5.80.